The summed E-state index contributed by atoms with van der Waals surface area (Å²) in [5.74, 6) is -2.25. The van der Waals surface area contributed by atoms with Crippen LogP contribution in [0.15, 0.2) is 42.5 Å². The first-order valence-electron chi connectivity index (χ1n) is 8.10. The van der Waals surface area contributed by atoms with Crippen LogP contribution in [0.2, 0.25) is 0 Å². The Morgan fingerprint density at radius 1 is 1.04 bits per heavy atom. The number of aliphatic carboxylic acids is 1. The maximum atomic E-state index is 12.5. The standard InChI is InChI=1S/C20H21NO5/c1-12-6-4-7-13(2)16(12)11-17(19(23)24)21-18(22)14-8-5-9-15(10-14)20(25)26-3/h4-10,17H,11H2,1-3H3,(H,21,22)(H,23,24)/t17-/m0/s1. The van der Waals surface area contributed by atoms with E-state index in [2.05, 4.69) is 10.1 Å². The lowest BCUT2D eigenvalue weighted by molar-refractivity contribution is -0.139. The third-order valence-electron chi connectivity index (χ3n) is 4.20. The van der Waals surface area contributed by atoms with E-state index in [4.69, 9.17) is 0 Å². The molecule has 0 bridgehead atoms. The van der Waals surface area contributed by atoms with Crippen molar-refractivity contribution in [1.29, 1.82) is 0 Å². The molecule has 0 saturated heterocycles. The minimum Gasteiger partial charge on any atom is -0.480 e. The number of hydrogen-bond donors (Lipinski definition) is 2. The summed E-state index contributed by atoms with van der Waals surface area (Å²) in [6.07, 6.45) is 0.177. The predicted molar refractivity (Wildman–Crippen MR) is 96.3 cm³/mol. The molecule has 136 valence electrons. The molecule has 2 aromatic rings. The van der Waals surface area contributed by atoms with E-state index >= 15 is 0 Å². The lowest BCUT2D eigenvalue weighted by Crippen LogP contribution is -2.42. The molecule has 26 heavy (non-hydrogen) atoms. The molecule has 0 spiro atoms. The lowest BCUT2D eigenvalue weighted by Gasteiger charge is -2.17. The molecule has 6 heteroatoms. The summed E-state index contributed by atoms with van der Waals surface area (Å²) < 4.78 is 4.63. The summed E-state index contributed by atoms with van der Waals surface area (Å²) in [5.41, 5.74) is 3.25. The largest absolute Gasteiger partial charge is 0.480 e. The highest BCUT2D eigenvalue weighted by atomic mass is 16.5. The Hall–Kier alpha value is -3.15. The van der Waals surface area contributed by atoms with Gasteiger partial charge in [0.15, 0.2) is 0 Å². The van der Waals surface area contributed by atoms with E-state index in [-0.39, 0.29) is 17.5 Å². The summed E-state index contributed by atoms with van der Waals surface area (Å²) in [4.78, 5) is 35.7. The van der Waals surface area contributed by atoms with Gasteiger partial charge in [-0.05, 0) is 48.7 Å². The highest BCUT2D eigenvalue weighted by molar-refractivity contribution is 5.99. The molecular formula is C20H21NO5. The molecule has 1 atom stereocenters. The Balaban J connectivity index is 2.21. The van der Waals surface area contributed by atoms with Crippen LogP contribution in [0.5, 0.6) is 0 Å². The molecule has 1 amide bonds. The fraction of sp³-hybridized carbons (Fsp3) is 0.250. The molecule has 0 heterocycles. The molecule has 0 saturated carbocycles. The van der Waals surface area contributed by atoms with Gasteiger partial charge in [0.2, 0.25) is 0 Å². The van der Waals surface area contributed by atoms with Crippen molar-refractivity contribution in [3.8, 4) is 0 Å². The first-order valence-corrected chi connectivity index (χ1v) is 8.10. The Morgan fingerprint density at radius 3 is 2.19 bits per heavy atom. The summed E-state index contributed by atoms with van der Waals surface area (Å²) in [6.45, 7) is 3.81. The van der Waals surface area contributed by atoms with Gasteiger partial charge >= 0.3 is 11.9 Å². The number of carboxylic acids is 1. The molecule has 0 fully saturated rings. The third kappa shape index (κ3) is 4.47. The van der Waals surface area contributed by atoms with Gasteiger partial charge in [0, 0.05) is 12.0 Å². The van der Waals surface area contributed by atoms with Gasteiger partial charge in [-0.3, -0.25) is 4.79 Å². The van der Waals surface area contributed by atoms with Crippen LogP contribution in [0, 0.1) is 13.8 Å². The fourth-order valence-corrected chi connectivity index (χ4v) is 2.72. The SMILES string of the molecule is COC(=O)c1cccc(C(=O)N[C@@H](Cc2c(C)cccc2C)C(=O)O)c1. The number of rotatable bonds is 6. The summed E-state index contributed by atoms with van der Waals surface area (Å²) >= 11 is 0. The van der Waals surface area contributed by atoms with Crippen LogP contribution in [0.4, 0.5) is 0 Å². The molecule has 0 aliphatic heterocycles. The van der Waals surface area contributed by atoms with Gasteiger partial charge in [-0.2, -0.15) is 0 Å². The Bertz CT molecular complexity index is 824. The fourth-order valence-electron chi connectivity index (χ4n) is 2.72. The zero-order chi connectivity index (χ0) is 19.3. The van der Waals surface area contributed by atoms with Crippen LogP contribution in [0.1, 0.15) is 37.4 Å². The Labute approximate surface area is 151 Å². The van der Waals surface area contributed by atoms with E-state index in [1.165, 1.54) is 25.3 Å². The number of esters is 1. The van der Waals surface area contributed by atoms with E-state index in [1.807, 2.05) is 32.0 Å². The van der Waals surface area contributed by atoms with E-state index in [1.54, 1.807) is 6.07 Å². The van der Waals surface area contributed by atoms with Crippen molar-refractivity contribution in [3.05, 3.63) is 70.3 Å². The van der Waals surface area contributed by atoms with Crippen molar-refractivity contribution in [2.24, 2.45) is 0 Å². The number of methoxy groups -OCH3 is 1. The molecule has 2 aromatic carbocycles. The van der Waals surface area contributed by atoms with Crippen LogP contribution in [0.25, 0.3) is 0 Å². The van der Waals surface area contributed by atoms with Crippen LogP contribution in [-0.2, 0) is 16.0 Å². The van der Waals surface area contributed by atoms with Gasteiger partial charge in [0.25, 0.3) is 5.91 Å². The highest BCUT2D eigenvalue weighted by Gasteiger charge is 2.23. The third-order valence-corrected chi connectivity index (χ3v) is 4.20. The number of benzene rings is 2. The van der Waals surface area contributed by atoms with Gasteiger partial charge in [0.05, 0.1) is 12.7 Å². The summed E-state index contributed by atoms with van der Waals surface area (Å²) in [6, 6.07) is 10.6. The van der Waals surface area contributed by atoms with Crippen molar-refractivity contribution in [2.45, 2.75) is 26.3 Å². The second kappa shape index (κ2) is 8.29. The Kier molecular flexibility index (Phi) is 6.11. The first kappa shape index (κ1) is 19.2. The summed E-state index contributed by atoms with van der Waals surface area (Å²) in [7, 11) is 1.25. The topological polar surface area (TPSA) is 92.7 Å². The number of carbonyl (C=O) groups is 3. The lowest BCUT2D eigenvalue weighted by atomic mass is 9.96. The van der Waals surface area contributed by atoms with E-state index in [0.29, 0.717) is 0 Å². The van der Waals surface area contributed by atoms with Crippen molar-refractivity contribution >= 4 is 17.8 Å². The maximum absolute atomic E-state index is 12.5. The number of ether oxygens (including phenoxy) is 1. The molecule has 0 aliphatic rings. The second-order valence-corrected chi connectivity index (χ2v) is 6.01. The summed E-state index contributed by atoms with van der Waals surface area (Å²) in [5, 5.41) is 12.0. The number of nitrogens with one attached hydrogen (secondary N) is 1. The quantitative estimate of drug-likeness (QED) is 0.777. The average Bonchev–Trinajstić information content (AvgIpc) is 2.62. The number of aryl methyl sites for hydroxylation is 2. The van der Waals surface area contributed by atoms with E-state index in [0.717, 1.165) is 16.7 Å². The van der Waals surface area contributed by atoms with Crippen molar-refractivity contribution in [2.75, 3.05) is 7.11 Å². The van der Waals surface area contributed by atoms with Crippen LogP contribution >= 0.6 is 0 Å². The smallest absolute Gasteiger partial charge is 0.337 e. The number of amides is 1. The first-order chi connectivity index (χ1) is 12.3. The van der Waals surface area contributed by atoms with Crippen LogP contribution in [-0.4, -0.2) is 36.1 Å². The number of carbonyl (C=O) groups excluding carboxylic acids is 2. The van der Waals surface area contributed by atoms with Gasteiger partial charge < -0.3 is 15.2 Å². The molecule has 2 N–H and O–H groups in total. The van der Waals surface area contributed by atoms with Gasteiger partial charge in [-0.1, -0.05) is 24.3 Å². The second-order valence-electron chi connectivity index (χ2n) is 6.01. The number of hydrogen-bond acceptors (Lipinski definition) is 4. The molecule has 0 radical (unpaired) electrons. The van der Waals surface area contributed by atoms with Gasteiger partial charge in [-0.25, -0.2) is 9.59 Å². The van der Waals surface area contributed by atoms with E-state index in [9.17, 15) is 19.5 Å². The van der Waals surface area contributed by atoms with Crippen LogP contribution in [0.3, 0.4) is 0 Å². The zero-order valence-corrected chi connectivity index (χ0v) is 14.9. The average molecular weight is 355 g/mol. The maximum Gasteiger partial charge on any atom is 0.337 e. The minimum absolute atomic E-state index is 0.177. The van der Waals surface area contributed by atoms with Crippen molar-refractivity contribution < 1.29 is 24.2 Å². The van der Waals surface area contributed by atoms with Crippen molar-refractivity contribution in [3.63, 3.8) is 0 Å². The van der Waals surface area contributed by atoms with E-state index < -0.39 is 23.9 Å². The molecule has 6 nitrogen and oxygen atoms in total. The molecule has 0 unspecified atom stereocenters. The minimum atomic E-state index is -1.12. The Morgan fingerprint density at radius 2 is 1.62 bits per heavy atom. The monoisotopic (exact) mass is 355 g/mol. The molecule has 0 aliphatic carbocycles. The molecular weight excluding hydrogens is 334 g/mol. The van der Waals surface area contributed by atoms with Crippen LogP contribution < -0.4 is 5.32 Å². The van der Waals surface area contributed by atoms with Gasteiger partial charge in [-0.15, -0.1) is 0 Å². The normalized spacial score (nSPS) is 11.5. The highest BCUT2D eigenvalue weighted by Crippen LogP contribution is 2.16. The van der Waals surface area contributed by atoms with Crippen molar-refractivity contribution in [1.82, 2.24) is 5.32 Å². The zero-order valence-electron chi connectivity index (χ0n) is 14.9. The molecule has 2 rings (SSSR count). The number of carboxylic acid groups (broad SMARTS) is 1. The molecule has 0 aromatic heterocycles. The van der Waals surface area contributed by atoms with Gasteiger partial charge in [0.1, 0.15) is 6.04 Å². The predicted octanol–water partition coefficient (Wildman–Crippen LogP) is 2.52.